The van der Waals surface area contributed by atoms with Crippen LogP contribution in [0.5, 0.6) is 5.75 Å². The fourth-order valence-electron chi connectivity index (χ4n) is 2.38. The van der Waals surface area contributed by atoms with E-state index in [0.717, 1.165) is 17.5 Å². The Labute approximate surface area is 119 Å². The van der Waals surface area contributed by atoms with Crippen molar-refractivity contribution in [3.63, 3.8) is 0 Å². The first-order valence-electron chi connectivity index (χ1n) is 6.91. The molecule has 0 aromatic heterocycles. The van der Waals surface area contributed by atoms with Crippen molar-refractivity contribution in [1.29, 1.82) is 0 Å². The van der Waals surface area contributed by atoms with Gasteiger partial charge in [0.05, 0.1) is 0 Å². The summed E-state index contributed by atoms with van der Waals surface area (Å²) in [5, 5.41) is 13.4. The van der Waals surface area contributed by atoms with Gasteiger partial charge in [-0.25, -0.2) is 4.39 Å². The maximum atomic E-state index is 13.3. The minimum atomic E-state index is -0.230. The smallest absolute Gasteiger partial charge is 0.123 e. The zero-order valence-electron chi connectivity index (χ0n) is 11.8. The van der Waals surface area contributed by atoms with Crippen LogP contribution >= 0.6 is 0 Å². The summed E-state index contributed by atoms with van der Waals surface area (Å²) in [7, 11) is 0. The molecule has 2 atom stereocenters. The van der Waals surface area contributed by atoms with Crippen LogP contribution < -0.4 is 5.32 Å². The fraction of sp³-hybridized carbons (Fsp3) is 0.294. The van der Waals surface area contributed by atoms with Crippen LogP contribution in [0.25, 0.3) is 0 Å². The largest absolute Gasteiger partial charge is 0.508 e. The van der Waals surface area contributed by atoms with Crippen molar-refractivity contribution in [2.75, 3.05) is 0 Å². The van der Waals surface area contributed by atoms with Crippen LogP contribution in [-0.4, -0.2) is 5.11 Å². The summed E-state index contributed by atoms with van der Waals surface area (Å²) in [5.74, 6) is 0.0602. The molecule has 0 radical (unpaired) electrons. The summed E-state index contributed by atoms with van der Waals surface area (Å²) < 4.78 is 13.3. The Bertz CT molecular complexity index is 570. The molecule has 0 spiro atoms. The first-order chi connectivity index (χ1) is 9.61. The van der Waals surface area contributed by atoms with Crippen molar-refractivity contribution >= 4 is 0 Å². The van der Waals surface area contributed by atoms with Gasteiger partial charge >= 0.3 is 0 Å². The van der Waals surface area contributed by atoms with Crippen molar-refractivity contribution in [2.45, 2.75) is 32.4 Å². The maximum Gasteiger partial charge on any atom is 0.123 e. The Hall–Kier alpha value is -1.87. The van der Waals surface area contributed by atoms with Gasteiger partial charge in [0.25, 0.3) is 0 Å². The Balaban J connectivity index is 2.16. The van der Waals surface area contributed by atoms with Crippen LogP contribution in [0.3, 0.4) is 0 Å². The highest BCUT2D eigenvalue weighted by molar-refractivity contribution is 5.34. The monoisotopic (exact) mass is 273 g/mol. The van der Waals surface area contributed by atoms with Gasteiger partial charge in [0, 0.05) is 17.6 Å². The predicted molar refractivity (Wildman–Crippen MR) is 79.1 cm³/mol. The predicted octanol–water partition coefficient (Wildman–Crippen LogP) is 4.33. The Kier molecular flexibility index (Phi) is 4.74. The molecule has 0 aliphatic rings. The second-order valence-electron chi connectivity index (χ2n) is 4.96. The number of nitrogens with one attached hydrogen (secondary N) is 1. The summed E-state index contributed by atoms with van der Waals surface area (Å²) >= 11 is 0. The van der Waals surface area contributed by atoms with Gasteiger partial charge in [-0.1, -0.05) is 37.3 Å². The van der Waals surface area contributed by atoms with Crippen LogP contribution in [0.15, 0.2) is 48.5 Å². The van der Waals surface area contributed by atoms with E-state index in [1.54, 1.807) is 12.1 Å². The van der Waals surface area contributed by atoms with Gasteiger partial charge in [0.1, 0.15) is 11.6 Å². The number of benzene rings is 2. The third-order valence-corrected chi connectivity index (χ3v) is 3.52. The molecular weight excluding hydrogens is 253 g/mol. The molecular formula is C17H20FNO. The van der Waals surface area contributed by atoms with Crippen LogP contribution in [0.4, 0.5) is 4.39 Å². The first kappa shape index (κ1) is 14.5. The summed E-state index contributed by atoms with van der Waals surface area (Å²) in [6, 6.07) is 14.0. The lowest BCUT2D eigenvalue weighted by Crippen LogP contribution is -2.24. The molecule has 0 bridgehead atoms. The molecule has 2 rings (SSSR count). The van der Waals surface area contributed by atoms with Crippen LogP contribution in [-0.2, 0) is 0 Å². The quantitative estimate of drug-likeness (QED) is 0.849. The van der Waals surface area contributed by atoms with E-state index in [-0.39, 0.29) is 17.9 Å². The van der Waals surface area contributed by atoms with E-state index >= 15 is 0 Å². The molecule has 0 fully saturated rings. The molecule has 2 N–H and O–H groups in total. The molecule has 2 aromatic carbocycles. The molecule has 0 amide bonds. The lowest BCUT2D eigenvalue weighted by Gasteiger charge is -2.23. The standard InChI is InChI=1S/C17H20FNO/c1-3-16(15-9-4-5-10-17(15)20)19-12(2)13-7-6-8-14(18)11-13/h4-12,16,19-20H,3H2,1-2H3/t12-,16?/m1/s1. The van der Waals surface area contributed by atoms with Crippen molar-refractivity contribution in [3.8, 4) is 5.75 Å². The number of hydrogen-bond donors (Lipinski definition) is 2. The van der Waals surface area contributed by atoms with E-state index < -0.39 is 0 Å². The number of rotatable bonds is 5. The van der Waals surface area contributed by atoms with Gasteiger partial charge in [-0.15, -0.1) is 0 Å². The molecule has 1 unspecified atom stereocenters. The van der Waals surface area contributed by atoms with Gasteiger partial charge in [-0.05, 0) is 37.1 Å². The van der Waals surface area contributed by atoms with Crippen LogP contribution in [0.2, 0.25) is 0 Å². The van der Waals surface area contributed by atoms with E-state index in [4.69, 9.17) is 0 Å². The van der Waals surface area contributed by atoms with E-state index in [2.05, 4.69) is 12.2 Å². The number of phenols is 1. The van der Waals surface area contributed by atoms with Crippen molar-refractivity contribution in [3.05, 3.63) is 65.5 Å². The molecule has 20 heavy (non-hydrogen) atoms. The van der Waals surface area contributed by atoms with Gasteiger partial charge in [0.15, 0.2) is 0 Å². The van der Waals surface area contributed by atoms with Gasteiger partial charge in [0.2, 0.25) is 0 Å². The number of halogens is 1. The normalized spacial score (nSPS) is 13.9. The first-order valence-corrected chi connectivity index (χ1v) is 6.91. The van der Waals surface area contributed by atoms with Crippen molar-refractivity contribution < 1.29 is 9.50 Å². The Morgan fingerprint density at radius 1 is 1.15 bits per heavy atom. The highest BCUT2D eigenvalue weighted by Crippen LogP contribution is 2.28. The fourth-order valence-corrected chi connectivity index (χ4v) is 2.38. The zero-order chi connectivity index (χ0) is 14.5. The van der Waals surface area contributed by atoms with Gasteiger partial charge < -0.3 is 10.4 Å². The number of para-hydroxylation sites is 1. The van der Waals surface area contributed by atoms with Gasteiger partial charge in [-0.2, -0.15) is 0 Å². The number of aromatic hydroxyl groups is 1. The summed E-state index contributed by atoms with van der Waals surface area (Å²) in [6.45, 7) is 4.06. The average molecular weight is 273 g/mol. The topological polar surface area (TPSA) is 32.3 Å². The summed E-state index contributed by atoms with van der Waals surface area (Å²) in [4.78, 5) is 0. The molecule has 0 aliphatic heterocycles. The highest BCUT2D eigenvalue weighted by Gasteiger charge is 2.16. The number of phenolic OH excluding ortho intramolecular Hbond substituents is 1. The minimum Gasteiger partial charge on any atom is -0.508 e. The maximum absolute atomic E-state index is 13.3. The molecule has 0 saturated carbocycles. The average Bonchev–Trinajstić information content (AvgIpc) is 2.45. The lowest BCUT2D eigenvalue weighted by molar-refractivity contribution is 0.418. The van der Waals surface area contributed by atoms with Crippen LogP contribution in [0.1, 0.15) is 43.5 Å². The Morgan fingerprint density at radius 2 is 1.90 bits per heavy atom. The molecule has 0 saturated heterocycles. The molecule has 0 heterocycles. The van der Waals surface area contributed by atoms with Crippen molar-refractivity contribution in [1.82, 2.24) is 5.32 Å². The second kappa shape index (κ2) is 6.53. The minimum absolute atomic E-state index is 0.00950. The third-order valence-electron chi connectivity index (χ3n) is 3.52. The van der Waals surface area contributed by atoms with E-state index in [1.807, 2.05) is 31.2 Å². The second-order valence-corrected chi connectivity index (χ2v) is 4.96. The highest BCUT2D eigenvalue weighted by atomic mass is 19.1. The molecule has 2 nitrogen and oxygen atoms in total. The number of hydrogen-bond acceptors (Lipinski definition) is 2. The zero-order valence-corrected chi connectivity index (χ0v) is 11.8. The lowest BCUT2D eigenvalue weighted by atomic mass is 10.0. The molecule has 3 heteroatoms. The molecule has 0 aliphatic carbocycles. The third kappa shape index (κ3) is 3.36. The summed E-state index contributed by atoms with van der Waals surface area (Å²) in [5.41, 5.74) is 1.78. The van der Waals surface area contributed by atoms with E-state index in [9.17, 15) is 9.50 Å². The summed E-state index contributed by atoms with van der Waals surface area (Å²) in [6.07, 6.45) is 0.844. The van der Waals surface area contributed by atoms with E-state index in [0.29, 0.717) is 5.75 Å². The van der Waals surface area contributed by atoms with Crippen molar-refractivity contribution in [2.24, 2.45) is 0 Å². The van der Waals surface area contributed by atoms with E-state index in [1.165, 1.54) is 12.1 Å². The molecule has 106 valence electrons. The molecule has 2 aromatic rings. The Morgan fingerprint density at radius 3 is 2.55 bits per heavy atom. The van der Waals surface area contributed by atoms with Crippen LogP contribution in [0, 0.1) is 5.82 Å². The van der Waals surface area contributed by atoms with Gasteiger partial charge in [-0.3, -0.25) is 0 Å². The SMILES string of the molecule is CCC(N[C@H](C)c1cccc(F)c1)c1ccccc1O.